The molecule has 1 unspecified atom stereocenters. The van der Waals surface area contributed by atoms with Crippen LogP contribution in [0.25, 0.3) is 0 Å². The quantitative estimate of drug-likeness (QED) is 0.547. The number of urea groups is 1. The molecule has 0 saturated carbocycles. The molecular formula is C22H24F2N4O5S. The van der Waals surface area contributed by atoms with Crippen LogP contribution in [0, 0.1) is 11.6 Å². The molecule has 12 heteroatoms. The summed E-state index contributed by atoms with van der Waals surface area (Å²) in [5.74, 6) is -3.34. The molecule has 182 valence electrons. The number of hydrogen-bond donors (Lipinski definition) is 2. The molecule has 2 N–H and O–H groups in total. The number of nitrogens with one attached hydrogen (secondary N) is 2. The fourth-order valence-electron chi connectivity index (χ4n) is 3.67. The van der Waals surface area contributed by atoms with Crippen molar-refractivity contribution < 1.29 is 31.6 Å². The molecule has 1 aliphatic rings. The van der Waals surface area contributed by atoms with Crippen molar-refractivity contribution in [2.45, 2.75) is 31.2 Å². The summed E-state index contributed by atoms with van der Waals surface area (Å²) in [7, 11) is -3.67. The Bertz CT molecular complexity index is 1230. The van der Waals surface area contributed by atoms with E-state index in [1.54, 1.807) is 13.8 Å². The van der Waals surface area contributed by atoms with Crippen molar-refractivity contribution in [2.24, 2.45) is 0 Å². The van der Waals surface area contributed by atoms with E-state index in [9.17, 15) is 31.6 Å². The van der Waals surface area contributed by atoms with Gasteiger partial charge in [-0.15, -0.1) is 0 Å². The van der Waals surface area contributed by atoms with Crippen molar-refractivity contribution in [2.75, 3.05) is 25.0 Å². The molecule has 1 saturated heterocycles. The fourth-order valence-corrected chi connectivity index (χ4v) is 5.13. The SMILES string of the molecule is CCN(CC)S(=O)(=O)c1ccc(NC(=O)CN2C(=O)NC(C)(c3cc(F)ccc3F)C2=O)cc1. The summed E-state index contributed by atoms with van der Waals surface area (Å²) >= 11 is 0. The molecule has 2 aromatic carbocycles. The lowest BCUT2D eigenvalue weighted by atomic mass is 9.91. The third-order valence-corrected chi connectivity index (χ3v) is 7.59. The van der Waals surface area contributed by atoms with Crippen LogP contribution < -0.4 is 10.6 Å². The number of nitrogens with zero attached hydrogens (tertiary/aromatic N) is 2. The van der Waals surface area contributed by atoms with Crippen LogP contribution in [-0.4, -0.2) is 55.1 Å². The minimum absolute atomic E-state index is 0.0520. The number of benzene rings is 2. The van der Waals surface area contributed by atoms with E-state index in [4.69, 9.17) is 0 Å². The van der Waals surface area contributed by atoms with Gasteiger partial charge < -0.3 is 10.6 Å². The number of carbonyl (C=O) groups excluding carboxylic acids is 3. The Morgan fingerprint density at radius 2 is 1.71 bits per heavy atom. The van der Waals surface area contributed by atoms with Crippen molar-refractivity contribution >= 4 is 33.6 Å². The van der Waals surface area contributed by atoms with Crippen LogP contribution in [0.2, 0.25) is 0 Å². The lowest BCUT2D eigenvalue weighted by molar-refractivity contribution is -0.133. The minimum Gasteiger partial charge on any atom is -0.325 e. The number of rotatable bonds is 8. The van der Waals surface area contributed by atoms with Gasteiger partial charge in [-0.1, -0.05) is 13.8 Å². The molecule has 2 aromatic rings. The molecule has 1 heterocycles. The van der Waals surface area contributed by atoms with Gasteiger partial charge in [0.05, 0.1) is 4.90 Å². The molecule has 1 fully saturated rings. The molecule has 0 aromatic heterocycles. The lowest BCUT2D eigenvalue weighted by Crippen LogP contribution is -2.42. The third-order valence-electron chi connectivity index (χ3n) is 5.53. The fraction of sp³-hybridized carbons (Fsp3) is 0.318. The molecular weight excluding hydrogens is 470 g/mol. The summed E-state index contributed by atoms with van der Waals surface area (Å²) in [6.45, 7) is 4.59. The Morgan fingerprint density at radius 3 is 2.29 bits per heavy atom. The van der Waals surface area contributed by atoms with E-state index >= 15 is 0 Å². The van der Waals surface area contributed by atoms with E-state index in [1.807, 2.05) is 0 Å². The zero-order chi connectivity index (χ0) is 25.3. The maximum atomic E-state index is 14.2. The highest BCUT2D eigenvalue weighted by atomic mass is 32.2. The first-order valence-corrected chi connectivity index (χ1v) is 11.9. The Hall–Kier alpha value is -3.38. The molecule has 0 spiro atoms. The second-order valence-electron chi connectivity index (χ2n) is 7.73. The summed E-state index contributed by atoms with van der Waals surface area (Å²) in [6, 6.07) is 7.03. The average Bonchev–Trinajstić information content (AvgIpc) is 3.00. The van der Waals surface area contributed by atoms with Crippen molar-refractivity contribution in [3.05, 3.63) is 59.7 Å². The first-order valence-electron chi connectivity index (χ1n) is 10.4. The summed E-state index contributed by atoms with van der Waals surface area (Å²) in [4.78, 5) is 38.3. The van der Waals surface area contributed by atoms with Gasteiger partial charge in [-0.25, -0.2) is 22.0 Å². The van der Waals surface area contributed by atoms with Gasteiger partial charge in [-0.3, -0.25) is 14.5 Å². The van der Waals surface area contributed by atoms with E-state index in [0.717, 1.165) is 18.2 Å². The summed E-state index contributed by atoms with van der Waals surface area (Å²) in [5.41, 5.74) is -2.00. The maximum Gasteiger partial charge on any atom is 0.325 e. The predicted molar refractivity (Wildman–Crippen MR) is 119 cm³/mol. The van der Waals surface area contributed by atoms with E-state index in [-0.39, 0.29) is 16.1 Å². The number of carbonyl (C=O) groups is 3. The van der Waals surface area contributed by atoms with Gasteiger partial charge >= 0.3 is 6.03 Å². The zero-order valence-electron chi connectivity index (χ0n) is 18.8. The highest BCUT2D eigenvalue weighted by Gasteiger charge is 2.50. The average molecular weight is 495 g/mol. The summed E-state index contributed by atoms with van der Waals surface area (Å²) in [6.07, 6.45) is 0. The molecule has 0 aliphatic carbocycles. The van der Waals surface area contributed by atoms with E-state index in [2.05, 4.69) is 10.6 Å². The molecule has 0 radical (unpaired) electrons. The van der Waals surface area contributed by atoms with Gasteiger partial charge in [0.1, 0.15) is 23.7 Å². The number of imide groups is 1. The molecule has 3 rings (SSSR count). The monoisotopic (exact) mass is 494 g/mol. The van der Waals surface area contributed by atoms with Crippen LogP contribution in [0.4, 0.5) is 19.3 Å². The largest absolute Gasteiger partial charge is 0.325 e. The topological polar surface area (TPSA) is 116 Å². The first-order chi connectivity index (χ1) is 15.9. The maximum absolute atomic E-state index is 14.2. The normalized spacial score (nSPS) is 18.4. The smallest absolute Gasteiger partial charge is 0.325 e. The number of halogens is 2. The van der Waals surface area contributed by atoms with Crippen molar-refractivity contribution in [3.63, 3.8) is 0 Å². The van der Waals surface area contributed by atoms with Crippen LogP contribution in [0.5, 0.6) is 0 Å². The number of anilines is 1. The van der Waals surface area contributed by atoms with Gasteiger partial charge in [0.15, 0.2) is 0 Å². The van der Waals surface area contributed by atoms with Crippen LogP contribution in [0.1, 0.15) is 26.3 Å². The molecule has 0 bridgehead atoms. The van der Waals surface area contributed by atoms with Gasteiger partial charge in [0, 0.05) is 24.3 Å². The van der Waals surface area contributed by atoms with E-state index in [0.29, 0.717) is 18.0 Å². The van der Waals surface area contributed by atoms with Crippen molar-refractivity contribution in [3.8, 4) is 0 Å². The third kappa shape index (κ3) is 4.64. The number of hydrogen-bond acceptors (Lipinski definition) is 5. The van der Waals surface area contributed by atoms with Gasteiger partial charge in [0.25, 0.3) is 5.91 Å². The van der Waals surface area contributed by atoms with E-state index in [1.165, 1.54) is 35.5 Å². The van der Waals surface area contributed by atoms with Gasteiger partial charge in [0.2, 0.25) is 15.9 Å². The Labute approximate surface area is 195 Å². The minimum atomic E-state index is -3.67. The zero-order valence-corrected chi connectivity index (χ0v) is 19.6. The summed E-state index contributed by atoms with van der Waals surface area (Å²) < 4.78 is 54.3. The molecule has 1 atom stereocenters. The summed E-state index contributed by atoms with van der Waals surface area (Å²) in [5, 5.41) is 4.79. The number of amides is 4. The Morgan fingerprint density at radius 1 is 1.09 bits per heavy atom. The first kappa shape index (κ1) is 25.2. The van der Waals surface area contributed by atoms with Crippen molar-refractivity contribution in [1.29, 1.82) is 0 Å². The second-order valence-corrected chi connectivity index (χ2v) is 9.67. The molecule has 1 aliphatic heterocycles. The van der Waals surface area contributed by atoms with Crippen molar-refractivity contribution in [1.82, 2.24) is 14.5 Å². The van der Waals surface area contributed by atoms with Crippen LogP contribution in [-0.2, 0) is 25.2 Å². The Balaban J connectivity index is 1.72. The predicted octanol–water partition coefficient (Wildman–Crippen LogP) is 2.40. The second kappa shape index (κ2) is 9.47. The molecule has 4 amide bonds. The van der Waals surface area contributed by atoms with Crippen LogP contribution in [0.3, 0.4) is 0 Å². The van der Waals surface area contributed by atoms with E-state index < -0.39 is 51.6 Å². The highest BCUT2D eigenvalue weighted by Crippen LogP contribution is 2.31. The van der Waals surface area contributed by atoms with Gasteiger partial charge in [-0.2, -0.15) is 4.31 Å². The number of sulfonamides is 1. The standard InChI is InChI=1S/C22H24F2N4O5S/c1-4-27(5-2)34(32,33)16-9-7-15(8-10-16)25-19(29)13-28-20(30)22(3,26-21(28)31)17-12-14(23)6-11-18(17)24/h6-12H,4-5,13H2,1-3H3,(H,25,29)(H,26,31). The highest BCUT2D eigenvalue weighted by molar-refractivity contribution is 7.89. The molecule has 34 heavy (non-hydrogen) atoms. The van der Waals surface area contributed by atoms with Crippen LogP contribution >= 0.6 is 0 Å². The van der Waals surface area contributed by atoms with Gasteiger partial charge in [-0.05, 0) is 49.4 Å². The van der Waals surface area contributed by atoms with Crippen LogP contribution in [0.15, 0.2) is 47.4 Å². The Kier molecular flexibility index (Phi) is 7.03. The lowest BCUT2D eigenvalue weighted by Gasteiger charge is -2.22. The molecule has 9 nitrogen and oxygen atoms in total.